The minimum absolute atomic E-state index is 0.464. The maximum atomic E-state index is 6.20. The molecule has 0 saturated heterocycles. The van der Waals surface area contributed by atoms with Crippen molar-refractivity contribution in [1.29, 1.82) is 0 Å². The van der Waals surface area contributed by atoms with Crippen LogP contribution in [-0.4, -0.2) is 14.5 Å². The van der Waals surface area contributed by atoms with E-state index in [1.807, 2.05) is 10.6 Å². The lowest BCUT2D eigenvalue weighted by Gasteiger charge is -2.04. The molecule has 1 aliphatic carbocycles. The van der Waals surface area contributed by atoms with Crippen LogP contribution in [0.25, 0.3) is 11.3 Å². The zero-order valence-electron chi connectivity index (χ0n) is 10.3. The molecule has 0 amide bonds. The lowest BCUT2D eigenvalue weighted by Crippen LogP contribution is -2.05. The Morgan fingerprint density at radius 1 is 1.47 bits per heavy atom. The van der Waals surface area contributed by atoms with Crippen LogP contribution in [-0.2, 0) is 6.54 Å². The highest BCUT2D eigenvalue weighted by molar-refractivity contribution is 9.10. The number of hydrogen-bond donors (Lipinski definition) is 1. The number of nitrogens with zero attached hydrogens (tertiary/aromatic N) is 3. The Morgan fingerprint density at radius 3 is 2.89 bits per heavy atom. The first-order valence-corrected chi connectivity index (χ1v) is 6.90. The van der Waals surface area contributed by atoms with Crippen molar-refractivity contribution in [3.8, 4) is 23.6 Å². The van der Waals surface area contributed by atoms with E-state index in [0.29, 0.717) is 18.3 Å². The smallest absolute Gasteiger partial charge is 0.132 e. The number of terminal acetylenes is 1. The molecule has 3 rings (SSSR count). The van der Waals surface area contributed by atoms with Crippen molar-refractivity contribution in [2.45, 2.75) is 25.3 Å². The normalized spacial score (nSPS) is 14.3. The number of hydrogen-bond acceptors (Lipinski definition) is 3. The van der Waals surface area contributed by atoms with Gasteiger partial charge >= 0.3 is 0 Å². The van der Waals surface area contributed by atoms with E-state index in [-0.39, 0.29) is 0 Å². The monoisotopic (exact) mass is 316 g/mol. The number of imidazole rings is 1. The second-order valence-corrected chi connectivity index (χ2v) is 5.58. The van der Waals surface area contributed by atoms with Gasteiger partial charge in [-0.1, -0.05) is 5.92 Å². The van der Waals surface area contributed by atoms with Crippen LogP contribution in [0.4, 0.5) is 5.82 Å². The fraction of sp³-hybridized carbons (Fsp3) is 0.286. The average molecular weight is 317 g/mol. The Morgan fingerprint density at radius 2 is 2.26 bits per heavy atom. The van der Waals surface area contributed by atoms with Gasteiger partial charge in [0, 0.05) is 28.3 Å². The van der Waals surface area contributed by atoms with Gasteiger partial charge in [0.1, 0.15) is 17.3 Å². The molecule has 0 spiro atoms. The van der Waals surface area contributed by atoms with E-state index < -0.39 is 0 Å². The molecule has 1 fully saturated rings. The second-order valence-electron chi connectivity index (χ2n) is 4.66. The zero-order chi connectivity index (χ0) is 13.4. The maximum Gasteiger partial charge on any atom is 0.132 e. The Labute approximate surface area is 120 Å². The Hall–Kier alpha value is -1.80. The number of nitrogens with two attached hydrogens (primary N) is 1. The summed E-state index contributed by atoms with van der Waals surface area (Å²) < 4.78 is 2.84. The summed E-state index contributed by atoms with van der Waals surface area (Å²) in [5, 5.41) is 0. The van der Waals surface area contributed by atoms with Crippen LogP contribution in [0.15, 0.2) is 22.9 Å². The molecule has 0 bridgehead atoms. The number of rotatable bonds is 3. The van der Waals surface area contributed by atoms with Crippen molar-refractivity contribution >= 4 is 21.7 Å². The molecule has 96 valence electrons. The molecule has 2 heterocycles. The third-order valence-electron chi connectivity index (χ3n) is 3.21. The molecule has 1 aliphatic rings. The Bertz CT molecular complexity index is 665. The molecule has 1 saturated carbocycles. The lowest BCUT2D eigenvalue weighted by molar-refractivity contribution is 0.762. The van der Waals surface area contributed by atoms with Gasteiger partial charge in [0.05, 0.1) is 6.54 Å². The first-order chi connectivity index (χ1) is 9.20. The molecule has 2 aromatic rings. The van der Waals surface area contributed by atoms with E-state index in [2.05, 4.69) is 31.8 Å². The van der Waals surface area contributed by atoms with Crippen molar-refractivity contribution in [2.75, 3.05) is 5.73 Å². The molecular weight excluding hydrogens is 304 g/mol. The van der Waals surface area contributed by atoms with Gasteiger partial charge < -0.3 is 10.3 Å². The van der Waals surface area contributed by atoms with Crippen LogP contribution >= 0.6 is 15.9 Å². The summed E-state index contributed by atoms with van der Waals surface area (Å²) in [6.07, 6.45) is 11.2. The highest BCUT2D eigenvalue weighted by Gasteiger charge is 2.30. The van der Waals surface area contributed by atoms with Gasteiger partial charge in [0.25, 0.3) is 0 Å². The van der Waals surface area contributed by atoms with Gasteiger partial charge in [-0.2, -0.15) is 0 Å². The summed E-state index contributed by atoms with van der Waals surface area (Å²) in [5.41, 5.74) is 7.88. The predicted octanol–water partition coefficient (Wildman–Crippen LogP) is 2.80. The number of nitrogen functional groups attached to an aromatic ring is 1. The topological polar surface area (TPSA) is 56.7 Å². The van der Waals surface area contributed by atoms with Crippen molar-refractivity contribution < 1.29 is 0 Å². The second kappa shape index (κ2) is 4.71. The molecule has 19 heavy (non-hydrogen) atoms. The summed E-state index contributed by atoms with van der Waals surface area (Å²) in [5.74, 6) is 4.78. The van der Waals surface area contributed by atoms with E-state index in [4.69, 9.17) is 12.2 Å². The lowest BCUT2D eigenvalue weighted by atomic mass is 10.2. The first kappa shape index (κ1) is 12.2. The number of anilines is 1. The van der Waals surface area contributed by atoms with Crippen LogP contribution in [0.5, 0.6) is 0 Å². The molecule has 0 unspecified atom stereocenters. The molecule has 5 heteroatoms. The van der Waals surface area contributed by atoms with E-state index in [1.54, 1.807) is 12.4 Å². The molecule has 0 atom stereocenters. The standard InChI is InChI=1S/C14H13BrN4/c1-2-5-19-13(16)12(18-14(19)9-3-4-9)10-6-11(15)8-17-7-10/h1,6-9H,3-5,16H2. The van der Waals surface area contributed by atoms with Gasteiger partial charge in [-0.3, -0.25) is 4.98 Å². The molecule has 4 nitrogen and oxygen atoms in total. The largest absolute Gasteiger partial charge is 0.383 e. The van der Waals surface area contributed by atoms with E-state index in [0.717, 1.165) is 34.4 Å². The molecular formula is C14H13BrN4. The zero-order valence-corrected chi connectivity index (χ0v) is 11.9. The van der Waals surface area contributed by atoms with Gasteiger partial charge in [0.15, 0.2) is 0 Å². The number of pyridine rings is 1. The molecule has 0 aliphatic heterocycles. The van der Waals surface area contributed by atoms with E-state index >= 15 is 0 Å². The fourth-order valence-corrected chi connectivity index (χ4v) is 2.51. The Kier molecular flexibility index (Phi) is 3.03. The summed E-state index contributed by atoms with van der Waals surface area (Å²) in [4.78, 5) is 8.84. The summed E-state index contributed by atoms with van der Waals surface area (Å²) in [6, 6.07) is 1.96. The highest BCUT2D eigenvalue weighted by Crippen LogP contribution is 2.42. The van der Waals surface area contributed by atoms with Crippen LogP contribution < -0.4 is 5.73 Å². The third kappa shape index (κ3) is 2.24. The molecule has 0 aromatic carbocycles. The molecule has 0 radical (unpaired) electrons. The fourth-order valence-electron chi connectivity index (χ4n) is 2.15. The predicted molar refractivity (Wildman–Crippen MR) is 78.4 cm³/mol. The molecule has 2 N–H and O–H groups in total. The van der Waals surface area contributed by atoms with Gasteiger partial charge in [-0.05, 0) is 34.8 Å². The van der Waals surface area contributed by atoms with Crippen LogP contribution in [0, 0.1) is 12.3 Å². The molecule has 2 aromatic heterocycles. The van der Waals surface area contributed by atoms with Crippen LogP contribution in [0.3, 0.4) is 0 Å². The van der Waals surface area contributed by atoms with E-state index in [1.165, 1.54) is 0 Å². The summed E-state index contributed by atoms with van der Waals surface area (Å²) >= 11 is 3.41. The van der Waals surface area contributed by atoms with E-state index in [9.17, 15) is 0 Å². The van der Waals surface area contributed by atoms with Crippen LogP contribution in [0.1, 0.15) is 24.6 Å². The van der Waals surface area contributed by atoms with Crippen molar-refractivity contribution in [3.05, 3.63) is 28.8 Å². The van der Waals surface area contributed by atoms with Gasteiger partial charge in [-0.15, -0.1) is 6.42 Å². The SMILES string of the molecule is C#CCn1c(C2CC2)nc(-c2cncc(Br)c2)c1N. The summed E-state index contributed by atoms with van der Waals surface area (Å²) in [6.45, 7) is 0.464. The van der Waals surface area contributed by atoms with Crippen LogP contribution in [0.2, 0.25) is 0 Å². The average Bonchev–Trinajstić information content (AvgIpc) is 3.17. The Balaban J connectivity index is 2.12. The summed E-state index contributed by atoms with van der Waals surface area (Å²) in [7, 11) is 0. The quantitative estimate of drug-likeness (QED) is 0.886. The third-order valence-corrected chi connectivity index (χ3v) is 3.64. The van der Waals surface area contributed by atoms with Gasteiger partial charge in [-0.25, -0.2) is 4.98 Å². The van der Waals surface area contributed by atoms with Crippen molar-refractivity contribution in [1.82, 2.24) is 14.5 Å². The van der Waals surface area contributed by atoms with Crippen molar-refractivity contribution in [2.24, 2.45) is 0 Å². The first-order valence-electron chi connectivity index (χ1n) is 6.11. The minimum Gasteiger partial charge on any atom is -0.383 e. The van der Waals surface area contributed by atoms with Gasteiger partial charge in [0.2, 0.25) is 0 Å². The number of halogens is 1. The minimum atomic E-state index is 0.464. The highest BCUT2D eigenvalue weighted by atomic mass is 79.9. The number of aromatic nitrogens is 3. The maximum absolute atomic E-state index is 6.20. The van der Waals surface area contributed by atoms with Crippen molar-refractivity contribution in [3.63, 3.8) is 0 Å².